The van der Waals surface area contributed by atoms with Crippen LogP contribution < -0.4 is 4.90 Å². The minimum atomic E-state index is 0.901. The molecule has 286 valence electrons. The Balaban J connectivity index is 0.943. The molecule has 0 atom stereocenters. The van der Waals surface area contributed by atoms with Crippen molar-refractivity contribution in [2.24, 2.45) is 0 Å². The summed E-state index contributed by atoms with van der Waals surface area (Å²) in [4.78, 5) is 2.40. The van der Waals surface area contributed by atoms with E-state index in [0.29, 0.717) is 0 Å². The zero-order valence-electron chi connectivity index (χ0n) is 33.2. The lowest BCUT2D eigenvalue weighted by atomic mass is 9.98. The second-order valence-corrected chi connectivity index (χ2v) is 15.7. The van der Waals surface area contributed by atoms with E-state index in [-0.39, 0.29) is 0 Å². The Morgan fingerprint density at radius 1 is 0.328 bits per heavy atom. The van der Waals surface area contributed by atoms with Crippen LogP contribution in [0.4, 0.5) is 17.1 Å². The van der Waals surface area contributed by atoms with Crippen LogP contribution in [0.3, 0.4) is 0 Å². The van der Waals surface area contributed by atoms with E-state index < -0.39 is 0 Å². The molecule has 0 fully saturated rings. The van der Waals surface area contributed by atoms with E-state index in [0.717, 1.165) is 66.6 Å². The molecule has 0 bridgehead atoms. The lowest BCUT2D eigenvalue weighted by molar-refractivity contribution is 0.672. The summed E-state index contributed by atoms with van der Waals surface area (Å²) < 4.78 is 8.92. The molecule has 0 amide bonds. The van der Waals surface area contributed by atoms with Gasteiger partial charge in [-0.2, -0.15) is 0 Å². The fourth-order valence-electron chi connectivity index (χ4n) is 9.32. The van der Waals surface area contributed by atoms with Crippen LogP contribution in [0.5, 0.6) is 0 Å². The molecule has 3 heteroatoms. The number of nitrogens with zero attached hydrogens (tertiary/aromatic N) is 2. The summed E-state index contributed by atoms with van der Waals surface area (Å²) in [6.45, 7) is 0. The summed E-state index contributed by atoms with van der Waals surface area (Å²) in [5.41, 5.74) is 15.7. The molecule has 10 aromatic carbocycles. The Bertz CT molecular complexity index is 3560. The van der Waals surface area contributed by atoms with Crippen molar-refractivity contribution < 1.29 is 4.42 Å². The summed E-state index contributed by atoms with van der Waals surface area (Å²) in [6.07, 6.45) is 0. The topological polar surface area (TPSA) is 21.3 Å². The maximum atomic E-state index is 6.54. The molecule has 0 spiro atoms. The Morgan fingerprint density at radius 3 is 1.67 bits per heavy atom. The van der Waals surface area contributed by atoms with E-state index in [1.165, 1.54) is 44.1 Å². The van der Waals surface area contributed by atoms with Crippen molar-refractivity contribution >= 4 is 71.6 Å². The summed E-state index contributed by atoms with van der Waals surface area (Å²) in [5, 5.41) is 6.99. The molecule has 3 nitrogen and oxygen atoms in total. The second kappa shape index (κ2) is 14.3. The number of anilines is 3. The van der Waals surface area contributed by atoms with Crippen LogP contribution in [-0.2, 0) is 0 Å². The SMILES string of the molecule is c1ccc(-c2ccccc2N(c2ccc(-c3ccc(-c4ccc5c6ccccc6n(-c6ccccc6)c5c4)cc3)cc2)c2cccc3c2ccc2c4ccccc4oc32)cc1. The van der Waals surface area contributed by atoms with Crippen LogP contribution in [0.1, 0.15) is 0 Å². The van der Waals surface area contributed by atoms with Crippen LogP contribution >= 0.6 is 0 Å². The lowest BCUT2D eigenvalue weighted by Crippen LogP contribution is -2.11. The molecule has 2 aromatic heterocycles. The van der Waals surface area contributed by atoms with Gasteiger partial charge in [-0.05, 0) is 88.5 Å². The molecule has 0 aliphatic rings. The Labute approximate surface area is 353 Å². The molecule has 12 aromatic rings. The largest absolute Gasteiger partial charge is 0.455 e. The molecule has 2 heterocycles. The average molecular weight is 779 g/mol. The monoisotopic (exact) mass is 778 g/mol. The van der Waals surface area contributed by atoms with Gasteiger partial charge in [0.25, 0.3) is 0 Å². The van der Waals surface area contributed by atoms with Gasteiger partial charge in [0.15, 0.2) is 0 Å². The van der Waals surface area contributed by atoms with E-state index in [1.54, 1.807) is 0 Å². The predicted octanol–water partition coefficient (Wildman–Crippen LogP) is 16.3. The molecular formula is C58H38N2O. The molecular weight excluding hydrogens is 741 g/mol. The van der Waals surface area contributed by atoms with Gasteiger partial charge in [-0.3, -0.25) is 0 Å². The number of rotatable bonds is 7. The third-order valence-electron chi connectivity index (χ3n) is 12.2. The maximum absolute atomic E-state index is 6.54. The average Bonchev–Trinajstić information content (AvgIpc) is 3.89. The van der Waals surface area contributed by atoms with Gasteiger partial charge >= 0.3 is 0 Å². The van der Waals surface area contributed by atoms with Crippen molar-refractivity contribution in [2.75, 3.05) is 4.90 Å². The highest BCUT2D eigenvalue weighted by atomic mass is 16.3. The maximum Gasteiger partial charge on any atom is 0.143 e. The highest BCUT2D eigenvalue weighted by Gasteiger charge is 2.21. The van der Waals surface area contributed by atoms with Crippen LogP contribution in [0.25, 0.3) is 93.6 Å². The Hall–Kier alpha value is -8.14. The third-order valence-corrected chi connectivity index (χ3v) is 12.2. The molecule has 0 unspecified atom stereocenters. The first-order valence-electron chi connectivity index (χ1n) is 20.8. The first-order chi connectivity index (χ1) is 30.3. The molecule has 0 saturated carbocycles. The van der Waals surface area contributed by atoms with Gasteiger partial charge in [-0.15, -0.1) is 0 Å². The Kier molecular flexibility index (Phi) is 8.17. The molecule has 0 saturated heterocycles. The zero-order valence-corrected chi connectivity index (χ0v) is 33.2. The van der Waals surface area contributed by atoms with Crippen LogP contribution in [0, 0.1) is 0 Å². The number of furan rings is 1. The van der Waals surface area contributed by atoms with Gasteiger partial charge in [0.05, 0.1) is 22.4 Å². The second-order valence-electron chi connectivity index (χ2n) is 15.7. The summed E-state index contributed by atoms with van der Waals surface area (Å²) >= 11 is 0. The van der Waals surface area contributed by atoms with Gasteiger partial charge in [-0.25, -0.2) is 0 Å². The number of aromatic nitrogens is 1. The minimum absolute atomic E-state index is 0.901. The van der Waals surface area contributed by atoms with Gasteiger partial charge in [0.1, 0.15) is 11.2 Å². The van der Waals surface area contributed by atoms with Crippen LogP contribution in [0.2, 0.25) is 0 Å². The lowest BCUT2D eigenvalue weighted by Gasteiger charge is -2.29. The molecule has 0 radical (unpaired) electrons. The number of fused-ring (bicyclic) bond motifs is 8. The summed E-state index contributed by atoms with van der Waals surface area (Å²) in [7, 11) is 0. The van der Waals surface area contributed by atoms with Crippen LogP contribution in [-0.4, -0.2) is 4.57 Å². The van der Waals surface area contributed by atoms with Crippen molar-refractivity contribution in [1.82, 2.24) is 4.57 Å². The molecule has 0 aliphatic carbocycles. The fourth-order valence-corrected chi connectivity index (χ4v) is 9.32. The van der Waals surface area contributed by atoms with Gasteiger partial charge < -0.3 is 13.9 Å². The van der Waals surface area contributed by atoms with Gasteiger partial charge in [0, 0.05) is 49.3 Å². The number of para-hydroxylation sites is 4. The number of hydrogen-bond acceptors (Lipinski definition) is 2. The van der Waals surface area contributed by atoms with Crippen LogP contribution in [0.15, 0.2) is 235 Å². The molecule has 12 rings (SSSR count). The first kappa shape index (κ1) is 34.9. The normalized spacial score (nSPS) is 11.6. The van der Waals surface area contributed by atoms with E-state index >= 15 is 0 Å². The van der Waals surface area contributed by atoms with Crippen molar-refractivity contribution in [3.63, 3.8) is 0 Å². The Morgan fingerprint density at radius 2 is 0.869 bits per heavy atom. The summed E-state index contributed by atoms with van der Waals surface area (Å²) in [6, 6.07) is 82.8. The van der Waals surface area contributed by atoms with Crippen molar-refractivity contribution in [1.29, 1.82) is 0 Å². The van der Waals surface area contributed by atoms with Crippen molar-refractivity contribution in [2.45, 2.75) is 0 Å². The van der Waals surface area contributed by atoms with Crippen molar-refractivity contribution in [3.8, 4) is 39.1 Å². The molecule has 0 aliphatic heterocycles. The first-order valence-corrected chi connectivity index (χ1v) is 20.8. The smallest absolute Gasteiger partial charge is 0.143 e. The third kappa shape index (κ3) is 5.82. The molecule has 61 heavy (non-hydrogen) atoms. The predicted molar refractivity (Wildman–Crippen MR) is 257 cm³/mol. The highest BCUT2D eigenvalue weighted by Crippen LogP contribution is 2.46. The van der Waals surface area contributed by atoms with Gasteiger partial charge in [0.2, 0.25) is 0 Å². The number of benzene rings is 10. The fraction of sp³-hybridized carbons (Fsp3) is 0. The number of hydrogen-bond donors (Lipinski definition) is 0. The standard InChI is InChI=1S/C58H38N2O/c1-3-14-42(15-4-1)46-18-7-10-22-53(46)59(55-24-13-21-51-49(55)36-37-52-50-20-9-12-25-57(50)61-58(51)52)45-33-30-40(31-34-45)39-26-28-41(29-27-39)43-32-35-48-47-19-8-11-23-54(47)60(56(48)38-43)44-16-5-2-6-17-44/h1-38H. The minimum Gasteiger partial charge on any atom is -0.455 e. The van der Waals surface area contributed by atoms with Crippen molar-refractivity contribution in [3.05, 3.63) is 231 Å². The van der Waals surface area contributed by atoms with E-state index in [2.05, 4.69) is 228 Å². The summed E-state index contributed by atoms with van der Waals surface area (Å²) in [5.74, 6) is 0. The highest BCUT2D eigenvalue weighted by molar-refractivity contribution is 6.18. The van der Waals surface area contributed by atoms with Gasteiger partial charge in [-0.1, -0.05) is 170 Å². The van der Waals surface area contributed by atoms with E-state index in [9.17, 15) is 0 Å². The molecule has 0 N–H and O–H groups in total. The quantitative estimate of drug-likeness (QED) is 0.161. The van der Waals surface area contributed by atoms with E-state index in [1.807, 2.05) is 12.1 Å². The zero-order chi connectivity index (χ0) is 40.3. The van der Waals surface area contributed by atoms with E-state index in [4.69, 9.17) is 4.42 Å².